The van der Waals surface area contributed by atoms with Crippen LogP contribution >= 0.6 is 0 Å². The summed E-state index contributed by atoms with van der Waals surface area (Å²) < 4.78 is 71.3. The predicted molar refractivity (Wildman–Crippen MR) is 96.1 cm³/mol. The van der Waals surface area contributed by atoms with Gasteiger partial charge in [0.15, 0.2) is 0 Å². The Morgan fingerprint density at radius 1 is 1.38 bits per heavy atom. The molecule has 10 heteroatoms. The minimum Gasteiger partial charge on any atom is -0.491 e. The molecule has 0 radical (unpaired) electrons. The molecule has 0 bridgehead atoms. The summed E-state index contributed by atoms with van der Waals surface area (Å²) in [6, 6.07) is 3.66. The molecular weight excluding hydrogens is 383 g/mol. The minimum atomic E-state index is -4.00. The maximum atomic E-state index is 14.3. The fourth-order valence-electron chi connectivity index (χ4n) is 2.65. The van der Waals surface area contributed by atoms with Gasteiger partial charge in [-0.25, -0.2) is 25.9 Å². The highest BCUT2D eigenvalue weighted by atomic mass is 32.2. The summed E-state index contributed by atoms with van der Waals surface area (Å²) in [6.07, 6.45) is 0.324. The van der Waals surface area contributed by atoms with Gasteiger partial charge in [0.25, 0.3) is 0 Å². The van der Waals surface area contributed by atoms with Crippen molar-refractivity contribution in [3.05, 3.63) is 36.0 Å². The average molecular weight is 407 g/mol. The predicted octanol–water partition coefficient (Wildman–Crippen LogP) is 1.69. The number of nitrogens with zero attached hydrogens (tertiary/aromatic N) is 1. The first-order chi connectivity index (χ1) is 12.0. The van der Waals surface area contributed by atoms with E-state index in [1.54, 1.807) is 13.8 Å². The van der Waals surface area contributed by atoms with Crippen molar-refractivity contribution in [1.82, 2.24) is 9.03 Å². The minimum absolute atomic E-state index is 0.101. The SMILES string of the molecule is C=CS(=O)(=O)NCC1CCN(S(=O)(=O)c2ccc(OC(C)C)cc2F)C1. The molecule has 1 aromatic carbocycles. The quantitative estimate of drug-likeness (QED) is 0.709. The van der Waals surface area contributed by atoms with Crippen molar-refractivity contribution in [2.45, 2.75) is 31.3 Å². The molecular formula is C16H23FN2O5S2. The van der Waals surface area contributed by atoms with Crippen LogP contribution in [0, 0.1) is 11.7 Å². The van der Waals surface area contributed by atoms with Crippen LogP contribution < -0.4 is 9.46 Å². The molecule has 0 saturated carbocycles. The zero-order chi connectivity index (χ0) is 19.5. The number of hydrogen-bond acceptors (Lipinski definition) is 5. The Labute approximate surface area is 153 Å². The number of hydrogen-bond donors (Lipinski definition) is 1. The highest BCUT2D eigenvalue weighted by Crippen LogP contribution is 2.28. The molecule has 2 rings (SSSR count). The molecule has 1 aliphatic heterocycles. The lowest BCUT2D eigenvalue weighted by Crippen LogP contribution is -2.32. The van der Waals surface area contributed by atoms with E-state index in [4.69, 9.17) is 4.74 Å². The topological polar surface area (TPSA) is 92.8 Å². The second-order valence-corrected chi connectivity index (χ2v) is 9.96. The van der Waals surface area contributed by atoms with Gasteiger partial charge in [-0.15, -0.1) is 0 Å². The monoisotopic (exact) mass is 406 g/mol. The Morgan fingerprint density at radius 2 is 2.08 bits per heavy atom. The van der Waals surface area contributed by atoms with E-state index < -0.39 is 30.8 Å². The van der Waals surface area contributed by atoms with Crippen molar-refractivity contribution in [1.29, 1.82) is 0 Å². The Bertz CT molecular complexity index is 869. The first-order valence-corrected chi connectivity index (χ1v) is 11.1. The number of rotatable bonds is 8. The van der Waals surface area contributed by atoms with Crippen molar-refractivity contribution in [2.24, 2.45) is 5.92 Å². The molecule has 0 aromatic heterocycles. The molecule has 1 saturated heterocycles. The van der Waals surface area contributed by atoms with Crippen LogP contribution in [-0.4, -0.2) is 46.9 Å². The lowest BCUT2D eigenvalue weighted by atomic mass is 10.1. The van der Waals surface area contributed by atoms with Crippen molar-refractivity contribution >= 4 is 20.0 Å². The highest BCUT2D eigenvalue weighted by Gasteiger charge is 2.34. The van der Waals surface area contributed by atoms with Gasteiger partial charge in [0, 0.05) is 31.1 Å². The van der Waals surface area contributed by atoms with Gasteiger partial charge in [-0.3, -0.25) is 0 Å². The molecule has 1 atom stereocenters. The summed E-state index contributed by atoms with van der Waals surface area (Å²) in [5.74, 6) is -0.806. The first-order valence-electron chi connectivity index (χ1n) is 8.13. The third-order valence-electron chi connectivity index (χ3n) is 3.93. The Hall–Kier alpha value is -1.49. The van der Waals surface area contributed by atoms with Crippen molar-refractivity contribution < 1.29 is 26.0 Å². The van der Waals surface area contributed by atoms with E-state index in [1.807, 2.05) is 0 Å². The van der Waals surface area contributed by atoms with Crippen molar-refractivity contribution in [3.8, 4) is 5.75 Å². The van der Waals surface area contributed by atoms with Crippen LogP contribution in [-0.2, 0) is 20.0 Å². The summed E-state index contributed by atoms with van der Waals surface area (Å²) in [7, 11) is -7.56. The van der Waals surface area contributed by atoms with E-state index in [2.05, 4.69) is 11.3 Å². The van der Waals surface area contributed by atoms with Crippen LogP contribution in [0.1, 0.15) is 20.3 Å². The lowest BCUT2D eigenvalue weighted by Gasteiger charge is -2.18. The van der Waals surface area contributed by atoms with Crippen LogP contribution in [0.15, 0.2) is 35.1 Å². The molecule has 1 heterocycles. The van der Waals surface area contributed by atoms with Crippen molar-refractivity contribution in [2.75, 3.05) is 19.6 Å². The molecule has 0 aliphatic carbocycles. The van der Waals surface area contributed by atoms with Gasteiger partial charge in [-0.1, -0.05) is 6.58 Å². The third kappa shape index (κ3) is 5.03. The average Bonchev–Trinajstić information content (AvgIpc) is 3.02. The molecule has 1 unspecified atom stereocenters. The Kier molecular flexibility index (Phi) is 6.43. The summed E-state index contributed by atoms with van der Waals surface area (Å²) in [5.41, 5.74) is 0. The van der Waals surface area contributed by atoms with Gasteiger partial charge in [0.2, 0.25) is 20.0 Å². The molecule has 0 spiro atoms. The van der Waals surface area contributed by atoms with Gasteiger partial charge in [0.1, 0.15) is 16.5 Å². The van der Waals surface area contributed by atoms with Crippen LogP contribution in [0.4, 0.5) is 4.39 Å². The van der Waals surface area contributed by atoms with Crippen molar-refractivity contribution in [3.63, 3.8) is 0 Å². The van der Waals surface area contributed by atoms with Gasteiger partial charge < -0.3 is 4.74 Å². The summed E-state index contributed by atoms with van der Waals surface area (Å²) in [4.78, 5) is -0.416. The number of benzene rings is 1. The zero-order valence-corrected chi connectivity index (χ0v) is 16.3. The zero-order valence-electron chi connectivity index (χ0n) is 14.7. The normalized spacial score (nSPS) is 19.0. The number of ether oxygens (including phenoxy) is 1. The molecule has 0 amide bonds. The summed E-state index contributed by atoms with van der Waals surface area (Å²) in [5, 5.41) is 0.798. The van der Waals surface area contributed by atoms with Gasteiger partial charge in [0.05, 0.1) is 6.10 Å². The lowest BCUT2D eigenvalue weighted by molar-refractivity contribution is 0.241. The van der Waals surface area contributed by atoms with E-state index in [-0.39, 0.29) is 37.4 Å². The van der Waals surface area contributed by atoms with E-state index in [9.17, 15) is 21.2 Å². The van der Waals surface area contributed by atoms with E-state index >= 15 is 0 Å². The van der Waals surface area contributed by atoms with E-state index in [0.717, 1.165) is 11.5 Å². The number of halogens is 1. The fraction of sp³-hybridized carbons (Fsp3) is 0.500. The standard InChI is InChI=1S/C16H23FN2O5S2/c1-4-25(20,21)18-10-13-7-8-19(11-13)26(22,23)16-6-5-14(9-15(16)17)24-12(2)3/h4-6,9,12-13,18H,1,7-8,10-11H2,2-3H3. The van der Waals surface area contributed by atoms with E-state index in [1.165, 1.54) is 16.4 Å². The smallest absolute Gasteiger partial charge is 0.245 e. The molecule has 1 aromatic rings. The van der Waals surface area contributed by atoms with Crippen LogP contribution in [0.2, 0.25) is 0 Å². The summed E-state index contributed by atoms with van der Waals surface area (Å²) >= 11 is 0. The fourth-order valence-corrected chi connectivity index (χ4v) is 4.81. The maximum Gasteiger partial charge on any atom is 0.245 e. The second-order valence-electron chi connectivity index (χ2n) is 6.34. The van der Waals surface area contributed by atoms with Crippen LogP contribution in [0.5, 0.6) is 5.75 Å². The Morgan fingerprint density at radius 3 is 2.65 bits per heavy atom. The van der Waals surface area contributed by atoms with Crippen LogP contribution in [0.3, 0.4) is 0 Å². The summed E-state index contributed by atoms with van der Waals surface area (Å²) in [6.45, 7) is 7.19. The number of nitrogens with one attached hydrogen (secondary N) is 1. The molecule has 1 N–H and O–H groups in total. The maximum absolute atomic E-state index is 14.3. The molecule has 26 heavy (non-hydrogen) atoms. The van der Waals surface area contributed by atoms with Gasteiger partial charge in [-0.2, -0.15) is 4.31 Å². The highest BCUT2D eigenvalue weighted by molar-refractivity contribution is 7.92. The molecule has 1 fully saturated rings. The molecule has 146 valence electrons. The molecule has 7 nitrogen and oxygen atoms in total. The first kappa shape index (κ1) is 20.8. The van der Waals surface area contributed by atoms with E-state index in [0.29, 0.717) is 6.42 Å². The Balaban J connectivity index is 2.10. The van der Waals surface area contributed by atoms with Crippen LogP contribution in [0.25, 0.3) is 0 Å². The number of sulfonamides is 2. The second kappa shape index (κ2) is 8.03. The molecule has 1 aliphatic rings. The van der Waals surface area contributed by atoms with Gasteiger partial charge in [-0.05, 0) is 38.3 Å². The largest absolute Gasteiger partial charge is 0.491 e. The van der Waals surface area contributed by atoms with Gasteiger partial charge >= 0.3 is 0 Å². The third-order valence-corrected chi connectivity index (χ3v) is 6.84.